The van der Waals surface area contributed by atoms with Gasteiger partial charge in [0.2, 0.25) is 15.9 Å². The summed E-state index contributed by atoms with van der Waals surface area (Å²) in [6.45, 7) is 5.00. The van der Waals surface area contributed by atoms with E-state index in [1.54, 1.807) is 23.1 Å². The molecular weight excluding hydrogens is 448 g/mol. The molecule has 1 saturated heterocycles. The van der Waals surface area contributed by atoms with Gasteiger partial charge in [-0.3, -0.25) is 4.79 Å². The highest BCUT2D eigenvalue weighted by Gasteiger charge is 2.31. The van der Waals surface area contributed by atoms with E-state index in [1.807, 2.05) is 62.4 Å². The highest BCUT2D eigenvalue weighted by atomic mass is 32.2. The molecule has 8 heteroatoms. The first-order chi connectivity index (χ1) is 16.3. The lowest BCUT2D eigenvalue weighted by molar-refractivity contribution is -0.127. The number of aromatic nitrogens is 1. The first-order valence-electron chi connectivity index (χ1n) is 11.0. The lowest BCUT2D eigenvalue weighted by Gasteiger charge is -2.33. The number of nitriles is 1. The van der Waals surface area contributed by atoms with Crippen LogP contribution < -0.4 is 0 Å². The normalized spacial score (nSPS) is 14.9. The monoisotopic (exact) mass is 474 g/mol. The number of sulfonamides is 1. The van der Waals surface area contributed by atoms with Crippen LogP contribution in [-0.4, -0.2) is 54.3 Å². The standard InChI is InChI=1S/C26H26N4O3S/c1-20-18-22(21(2)30(20)24-9-4-3-5-10-24)12-13-26(31)28-14-16-29(17-15-28)34(32,33)25-11-7-6-8-23(25)19-27/h3-13,18H,14-17H2,1-2H3/b13-12-. The Balaban J connectivity index is 1.43. The van der Waals surface area contributed by atoms with Crippen LogP contribution in [0.5, 0.6) is 0 Å². The van der Waals surface area contributed by atoms with Crippen molar-refractivity contribution in [3.8, 4) is 11.8 Å². The number of piperazine rings is 1. The van der Waals surface area contributed by atoms with Gasteiger partial charge in [0.1, 0.15) is 6.07 Å². The molecule has 3 aromatic rings. The Morgan fingerprint density at radius 3 is 2.29 bits per heavy atom. The maximum absolute atomic E-state index is 13.0. The average molecular weight is 475 g/mol. The van der Waals surface area contributed by atoms with Crippen molar-refractivity contribution in [1.29, 1.82) is 5.26 Å². The number of nitrogens with zero attached hydrogens (tertiary/aromatic N) is 4. The number of rotatable bonds is 5. The molecule has 0 bridgehead atoms. The Morgan fingerprint density at radius 1 is 0.971 bits per heavy atom. The number of amides is 1. The molecule has 1 amide bonds. The number of benzene rings is 2. The van der Waals surface area contributed by atoms with E-state index in [1.165, 1.54) is 16.4 Å². The van der Waals surface area contributed by atoms with Gasteiger partial charge in [-0.15, -0.1) is 0 Å². The van der Waals surface area contributed by atoms with E-state index in [-0.39, 0.29) is 29.5 Å². The van der Waals surface area contributed by atoms with Gasteiger partial charge in [-0.25, -0.2) is 8.42 Å². The highest BCUT2D eigenvalue weighted by molar-refractivity contribution is 7.89. The molecule has 0 spiro atoms. The van der Waals surface area contributed by atoms with Crippen molar-refractivity contribution in [3.05, 3.63) is 89.3 Å². The van der Waals surface area contributed by atoms with E-state index < -0.39 is 10.0 Å². The summed E-state index contributed by atoms with van der Waals surface area (Å²) in [6.07, 6.45) is 3.36. The molecule has 7 nitrogen and oxygen atoms in total. The molecule has 0 saturated carbocycles. The lowest BCUT2D eigenvalue weighted by Crippen LogP contribution is -2.50. The zero-order valence-electron chi connectivity index (χ0n) is 19.2. The van der Waals surface area contributed by atoms with E-state index in [2.05, 4.69) is 4.57 Å². The summed E-state index contributed by atoms with van der Waals surface area (Å²) < 4.78 is 29.5. The quantitative estimate of drug-likeness (QED) is 0.530. The van der Waals surface area contributed by atoms with Gasteiger partial charge in [0, 0.05) is 49.3 Å². The average Bonchev–Trinajstić information content (AvgIpc) is 3.15. The molecule has 0 radical (unpaired) electrons. The van der Waals surface area contributed by atoms with Crippen LogP contribution in [0.2, 0.25) is 0 Å². The van der Waals surface area contributed by atoms with Gasteiger partial charge in [0.25, 0.3) is 0 Å². The molecule has 2 aromatic carbocycles. The zero-order valence-corrected chi connectivity index (χ0v) is 20.0. The third-order valence-corrected chi connectivity index (χ3v) is 8.02. The topological polar surface area (TPSA) is 86.4 Å². The minimum atomic E-state index is -3.79. The van der Waals surface area contributed by atoms with Crippen molar-refractivity contribution < 1.29 is 13.2 Å². The molecule has 174 valence electrons. The molecule has 2 heterocycles. The largest absolute Gasteiger partial charge is 0.337 e. The fourth-order valence-electron chi connectivity index (χ4n) is 4.27. The molecular formula is C26H26N4O3S. The Hall–Kier alpha value is -3.67. The Bertz CT molecular complexity index is 1380. The van der Waals surface area contributed by atoms with Gasteiger partial charge < -0.3 is 9.47 Å². The van der Waals surface area contributed by atoms with E-state index >= 15 is 0 Å². The van der Waals surface area contributed by atoms with Crippen LogP contribution in [0.1, 0.15) is 22.5 Å². The van der Waals surface area contributed by atoms with E-state index in [0.717, 1.165) is 22.6 Å². The summed E-state index contributed by atoms with van der Waals surface area (Å²) in [4.78, 5) is 14.4. The second-order valence-electron chi connectivity index (χ2n) is 8.17. The van der Waals surface area contributed by atoms with Gasteiger partial charge in [-0.05, 0) is 55.8 Å². The van der Waals surface area contributed by atoms with Crippen molar-refractivity contribution >= 4 is 22.0 Å². The van der Waals surface area contributed by atoms with Crippen LogP contribution in [0.4, 0.5) is 0 Å². The summed E-state index contributed by atoms with van der Waals surface area (Å²) in [5, 5.41) is 9.26. The smallest absolute Gasteiger partial charge is 0.246 e. The van der Waals surface area contributed by atoms with Crippen LogP contribution in [0.3, 0.4) is 0 Å². The fourth-order valence-corrected chi connectivity index (χ4v) is 5.83. The van der Waals surface area contributed by atoms with E-state index in [4.69, 9.17) is 0 Å². The van der Waals surface area contributed by atoms with Gasteiger partial charge in [-0.1, -0.05) is 30.3 Å². The van der Waals surface area contributed by atoms with Crippen molar-refractivity contribution in [3.63, 3.8) is 0 Å². The minimum Gasteiger partial charge on any atom is -0.337 e. The second kappa shape index (κ2) is 9.67. The van der Waals surface area contributed by atoms with Crippen LogP contribution in [0.25, 0.3) is 11.8 Å². The van der Waals surface area contributed by atoms with Crippen LogP contribution >= 0.6 is 0 Å². The molecule has 34 heavy (non-hydrogen) atoms. The third-order valence-electron chi connectivity index (χ3n) is 6.07. The second-order valence-corrected chi connectivity index (χ2v) is 10.1. The SMILES string of the molecule is Cc1cc(/C=C\C(=O)N2CCN(S(=O)(=O)c3ccccc3C#N)CC2)c(C)n1-c1ccccc1. The van der Waals surface area contributed by atoms with Crippen molar-refractivity contribution in [2.24, 2.45) is 0 Å². The summed E-state index contributed by atoms with van der Waals surface area (Å²) in [6, 6.07) is 20.2. The molecule has 1 aromatic heterocycles. The molecule has 1 aliphatic rings. The number of carbonyl (C=O) groups is 1. The van der Waals surface area contributed by atoms with E-state index in [9.17, 15) is 18.5 Å². The Kier molecular flexibility index (Phi) is 6.68. The first-order valence-corrected chi connectivity index (χ1v) is 12.5. The lowest BCUT2D eigenvalue weighted by atomic mass is 10.2. The maximum Gasteiger partial charge on any atom is 0.246 e. The Morgan fingerprint density at radius 2 is 1.62 bits per heavy atom. The van der Waals surface area contributed by atoms with Gasteiger partial charge >= 0.3 is 0 Å². The molecule has 0 N–H and O–H groups in total. The van der Waals surface area contributed by atoms with Crippen LogP contribution in [-0.2, 0) is 14.8 Å². The maximum atomic E-state index is 13.0. The summed E-state index contributed by atoms with van der Waals surface area (Å²) in [7, 11) is -3.79. The van der Waals surface area contributed by atoms with Crippen LogP contribution in [0, 0.1) is 25.2 Å². The summed E-state index contributed by atoms with van der Waals surface area (Å²) in [5.74, 6) is -0.154. The van der Waals surface area contributed by atoms with Crippen molar-refractivity contribution in [1.82, 2.24) is 13.8 Å². The fraction of sp³-hybridized carbons (Fsp3) is 0.231. The predicted molar refractivity (Wildman–Crippen MR) is 131 cm³/mol. The van der Waals surface area contributed by atoms with E-state index in [0.29, 0.717) is 13.1 Å². The summed E-state index contributed by atoms with van der Waals surface area (Å²) in [5.41, 5.74) is 4.27. The van der Waals surface area contributed by atoms with Gasteiger partial charge in [0.15, 0.2) is 0 Å². The molecule has 0 atom stereocenters. The number of hydrogen-bond donors (Lipinski definition) is 0. The molecule has 0 unspecified atom stereocenters. The number of hydrogen-bond acceptors (Lipinski definition) is 4. The number of aryl methyl sites for hydroxylation is 1. The molecule has 1 aliphatic heterocycles. The zero-order chi connectivity index (χ0) is 24.3. The predicted octanol–water partition coefficient (Wildman–Crippen LogP) is 3.51. The Labute approximate surface area is 200 Å². The first kappa shape index (κ1) is 23.5. The number of para-hydroxylation sites is 1. The van der Waals surface area contributed by atoms with Crippen LogP contribution in [0.15, 0.2) is 71.6 Å². The summed E-state index contributed by atoms with van der Waals surface area (Å²) >= 11 is 0. The van der Waals surface area contributed by atoms with Crippen molar-refractivity contribution in [2.75, 3.05) is 26.2 Å². The number of carbonyl (C=O) groups excluding carboxylic acids is 1. The molecule has 1 fully saturated rings. The molecule has 4 rings (SSSR count). The minimum absolute atomic E-state index is 0.00551. The third kappa shape index (κ3) is 4.53. The molecule has 0 aliphatic carbocycles. The van der Waals surface area contributed by atoms with Gasteiger partial charge in [-0.2, -0.15) is 9.57 Å². The highest BCUT2D eigenvalue weighted by Crippen LogP contribution is 2.23. The van der Waals surface area contributed by atoms with Crippen molar-refractivity contribution in [2.45, 2.75) is 18.7 Å². The van der Waals surface area contributed by atoms with Gasteiger partial charge in [0.05, 0.1) is 10.5 Å².